The maximum absolute atomic E-state index is 13.3. The molecule has 146 valence electrons. The van der Waals surface area contributed by atoms with Crippen LogP contribution in [0.4, 0.5) is 4.39 Å². The van der Waals surface area contributed by atoms with Crippen molar-refractivity contribution in [3.05, 3.63) is 54.5 Å². The molecule has 1 N–H and O–H groups in total. The Kier molecular flexibility index (Phi) is 5.64. The number of benzene rings is 1. The van der Waals surface area contributed by atoms with Crippen molar-refractivity contribution in [2.75, 3.05) is 26.4 Å². The van der Waals surface area contributed by atoms with Gasteiger partial charge in [0.2, 0.25) is 5.91 Å². The largest absolute Gasteiger partial charge is 0.376 e. The van der Waals surface area contributed by atoms with Crippen LogP contribution >= 0.6 is 0 Å². The predicted octanol–water partition coefficient (Wildman–Crippen LogP) is 2.76. The number of rotatable bonds is 6. The second kappa shape index (κ2) is 8.50. The van der Waals surface area contributed by atoms with Crippen LogP contribution in [0.15, 0.2) is 48.7 Å². The highest BCUT2D eigenvalue weighted by Crippen LogP contribution is 2.27. The number of aromatic nitrogens is 2. The van der Waals surface area contributed by atoms with Crippen LogP contribution < -0.4 is 5.32 Å². The van der Waals surface area contributed by atoms with Crippen LogP contribution in [0, 0.1) is 5.82 Å². The number of carbonyl (C=O) groups excluding carboxylic acids is 1. The molecule has 3 heterocycles. The van der Waals surface area contributed by atoms with Gasteiger partial charge in [-0.1, -0.05) is 0 Å². The number of nitrogens with zero attached hydrogens (tertiary/aromatic N) is 2. The Morgan fingerprint density at radius 1 is 1.25 bits per heavy atom. The van der Waals surface area contributed by atoms with Gasteiger partial charge < -0.3 is 19.4 Å². The van der Waals surface area contributed by atoms with Crippen LogP contribution in [0.2, 0.25) is 0 Å². The zero-order valence-corrected chi connectivity index (χ0v) is 15.4. The minimum atomic E-state index is -0.280. The van der Waals surface area contributed by atoms with Crippen LogP contribution in [0.5, 0.6) is 0 Å². The summed E-state index contributed by atoms with van der Waals surface area (Å²) in [4.78, 5) is 16.8. The third kappa shape index (κ3) is 4.21. The highest BCUT2D eigenvalue weighted by atomic mass is 19.1. The summed E-state index contributed by atoms with van der Waals surface area (Å²) in [6.45, 7) is 2.57. The topological polar surface area (TPSA) is 65.4 Å². The van der Waals surface area contributed by atoms with Gasteiger partial charge in [0.15, 0.2) is 0 Å². The summed E-state index contributed by atoms with van der Waals surface area (Å²) in [7, 11) is 0. The first-order chi connectivity index (χ1) is 13.7. The van der Waals surface area contributed by atoms with Crippen molar-refractivity contribution in [2.45, 2.75) is 19.1 Å². The molecule has 0 radical (unpaired) electrons. The Labute approximate surface area is 162 Å². The molecule has 0 bridgehead atoms. The monoisotopic (exact) mass is 383 g/mol. The van der Waals surface area contributed by atoms with Crippen molar-refractivity contribution in [3.8, 4) is 11.3 Å². The second-order valence-electron chi connectivity index (χ2n) is 6.73. The summed E-state index contributed by atoms with van der Waals surface area (Å²) in [6.07, 6.45) is 1.94. The average Bonchev–Trinajstić information content (AvgIpc) is 3.10. The molecule has 1 aliphatic heterocycles. The molecule has 1 aliphatic rings. The molecule has 1 aromatic carbocycles. The van der Waals surface area contributed by atoms with Gasteiger partial charge in [-0.05, 0) is 48.0 Å². The molecule has 1 atom stereocenters. The summed E-state index contributed by atoms with van der Waals surface area (Å²) in [6, 6.07) is 12.2. The molecule has 3 aromatic rings. The SMILES string of the molecule is O=C(CCn1c(-c2ccc(F)cc2)cc2cccnc21)NCC1COCCO1. The highest BCUT2D eigenvalue weighted by molar-refractivity contribution is 5.84. The fraction of sp³-hybridized carbons (Fsp3) is 0.333. The van der Waals surface area contributed by atoms with Crippen molar-refractivity contribution in [3.63, 3.8) is 0 Å². The molecule has 1 amide bonds. The van der Waals surface area contributed by atoms with Crippen LogP contribution in [0.25, 0.3) is 22.3 Å². The number of pyridine rings is 1. The molecule has 28 heavy (non-hydrogen) atoms. The lowest BCUT2D eigenvalue weighted by Gasteiger charge is -2.23. The molecule has 1 saturated heterocycles. The Morgan fingerprint density at radius 3 is 2.89 bits per heavy atom. The van der Waals surface area contributed by atoms with Gasteiger partial charge in [-0.3, -0.25) is 4.79 Å². The van der Waals surface area contributed by atoms with E-state index in [2.05, 4.69) is 10.3 Å². The molecule has 6 nitrogen and oxygen atoms in total. The van der Waals surface area contributed by atoms with E-state index in [4.69, 9.17) is 9.47 Å². The number of halogens is 1. The Hall–Kier alpha value is -2.77. The number of hydrogen-bond acceptors (Lipinski definition) is 4. The normalized spacial score (nSPS) is 17.0. The predicted molar refractivity (Wildman–Crippen MR) is 103 cm³/mol. The van der Waals surface area contributed by atoms with Gasteiger partial charge in [-0.15, -0.1) is 0 Å². The van der Waals surface area contributed by atoms with Crippen molar-refractivity contribution >= 4 is 16.9 Å². The van der Waals surface area contributed by atoms with Gasteiger partial charge in [0.1, 0.15) is 11.5 Å². The Bertz CT molecular complexity index is 949. The van der Waals surface area contributed by atoms with Crippen molar-refractivity contribution in [2.24, 2.45) is 0 Å². The number of hydrogen-bond donors (Lipinski definition) is 1. The van der Waals surface area contributed by atoms with Gasteiger partial charge >= 0.3 is 0 Å². The summed E-state index contributed by atoms with van der Waals surface area (Å²) < 4.78 is 26.2. The number of amides is 1. The fourth-order valence-corrected chi connectivity index (χ4v) is 3.36. The van der Waals surface area contributed by atoms with Crippen molar-refractivity contribution in [1.82, 2.24) is 14.9 Å². The zero-order valence-electron chi connectivity index (χ0n) is 15.4. The molecule has 7 heteroatoms. The third-order valence-electron chi connectivity index (χ3n) is 4.77. The van der Waals surface area contributed by atoms with Gasteiger partial charge in [0, 0.05) is 31.1 Å². The maximum atomic E-state index is 13.3. The molecule has 2 aromatic heterocycles. The van der Waals surface area contributed by atoms with E-state index in [0.29, 0.717) is 39.3 Å². The highest BCUT2D eigenvalue weighted by Gasteiger charge is 2.16. The van der Waals surface area contributed by atoms with Crippen molar-refractivity contribution in [1.29, 1.82) is 0 Å². The zero-order chi connectivity index (χ0) is 19.3. The Balaban J connectivity index is 1.48. The minimum Gasteiger partial charge on any atom is -0.376 e. The lowest BCUT2D eigenvalue weighted by Crippen LogP contribution is -2.39. The summed E-state index contributed by atoms with van der Waals surface area (Å²) in [5.41, 5.74) is 2.59. The van der Waals surface area contributed by atoms with Crippen LogP contribution in [-0.2, 0) is 20.8 Å². The first kappa shape index (κ1) is 18.6. The van der Waals surface area contributed by atoms with Gasteiger partial charge in [-0.2, -0.15) is 0 Å². The van der Waals surface area contributed by atoms with E-state index in [9.17, 15) is 9.18 Å². The lowest BCUT2D eigenvalue weighted by molar-refractivity contribution is -0.124. The van der Waals surface area contributed by atoms with E-state index >= 15 is 0 Å². The van der Waals surface area contributed by atoms with E-state index in [-0.39, 0.29) is 17.8 Å². The van der Waals surface area contributed by atoms with Gasteiger partial charge in [-0.25, -0.2) is 9.37 Å². The molecule has 1 unspecified atom stereocenters. The quantitative estimate of drug-likeness (QED) is 0.711. The molecule has 4 rings (SSSR count). The Morgan fingerprint density at radius 2 is 2.11 bits per heavy atom. The van der Waals surface area contributed by atoms with E-state index in [1.165, 1.54) is 12.1 Å². The fourth-order valence-electron chi connectivity index (χ4n) is 3.36. The summed E-state index contributed by atoms with van der Waals surface area (Å²) >= 11 is 0. The molecule has 0 saturated carbocycles. The van der Waals surface area contributed by atoms with Crippen LogP contribution in [0.3, 0.4) is 0 Å². The summed E-state index contributed by atoms with van der Waals surface area (Å²) in [5, 5.41) is 3.88. The van der Waals surface area contributed by atoms with E-state index in [0.717, 1.165) is 22.3 Å². The number of fused-ring (bicyclic) bond motifs is 1. The standard InChI is InChI=1S/C21H22FN3O3/c22-17-5-3-15(4-6-17)19-12-16-2-1-8-23-21(16)25(19)9-7-20(26)24-13-18-14-27-10-11-28-18/h1-6,8,12,18H,7,9-11,13-14H2,(H,24,26). The lowest BCUT2D eigenvalue weighted by atomic mass is 10.1. The number of ether oxygens (including phenoxy) is 2. The molecule has 0 spiro atoms. The molecular weight excluding hydrogens is 361 g/mol. The number of carbonyl (C=O) groups is 1. The van der Waals surface area contributed by atoms with Gasteiger partial charge in [0.05, 0.1) is 31.6 Å². The first-order valence-electron chi connectivity index (χ1n) is 9.37. The van der Waals surface area contributed by atoms with E-state index in [1.807, 2.05) is 22.8 Å². The number of nitrogens with one attached hydrogen (secondary N) is 1. The molecule has 1 fully saturated rings. The van der Waals surface area contributed by atoms with Crippen LogP contribution in [-0.4, -0.2) is 47.9 Å². The first-order valence-corrected chi connectivity index (χ1v) is 9.37. The van der Waals surface area contributed by atoms with Gasteiger partial charge in [0.25, 0.3) is 0 Å². The third-order valence-corrected chi connectivity index (χ3v) is 4.77. The van der Waals surface area contributed by atoms with Crippen molar-refractivity contribution < 1.29 is 18.7 Å². The molecular formula is C21H22FN3O3. The minimum absolute atomic E-state index is 0.0583. The maximum Gasteiger partial charge on any atom is 0.221 e. The average molecular weight is 383 g/mol. The smallest absolute Gasteiger partial charge is 0.221 e. The summed E-state index contributed by atoms with van der Waals surface area (Å²) in [5.74, 6) is -0.338. The van der Waals surface area contributed by atoms with E-state index in [1.54, 1.807) is 18.3 Å². The second-order valence-corrected chi connectivity index (χ2v) is 6.73. The van der Waals surface area contributed by atoms with Crippen LogP contribution in [0.1, 0.15) is 6.42 Å². The number of aryl methyl sites for hydroxylation is 1. The van der Waals surface area contributed by atoms with E-state index < -0.39 is 0 Å². The molecule has 0 aliphatic carbocycles.